The number of anilines is 2. The van der Waals surface area contributed by atoms with Gasteiger partial charge in [-0.2, -0.15) is 10.1 Å². The molecule has 1 aromatic heterocycles. The highest BCUT2D eigenvalue weighted by Crippen LogP contribution is 2.24. The molecule has 1 amide bonds. The van der Waals surface area contributed by atoms with E-state index in [0.29, 0.717) is 21.7 Å². The van der Waals surface area contributed by atoms with Gasteiger partial charge in [-0.1, -0.05) is 6.07 Å². The lowest BCUT2D eigenvalue weighted by Crippen LogP contribution is -2.16. The van der Waals surface area contributed by atoms with Gasteiger partial charge in [0, 0.05) is 12.7 Å². The molecule has 0 atom stereocenters. The fraction of sp³-hybridized carbons (Fsp3) is 0.100. The van der Waals surface area contributed by atoms with E-state index in [2.05, 4.69) is 31.3 Å². The number of aryl methyl sites for hydroxylation is 1. The summed E-state index contributed by atoms with van der Waals surface area (Å²) in [5.74, 6) is 0.0876. The van der Waals surface area contributed by atoms with Gasteiger partial charge in [-0.15, -0.1) is 0 Å². The molecule has 0 aliphatic rings. The molecular formula is C10H10BrN5O. The third-order valence-corrected chi connectivity index (χ3v) is 3.09. The van der Waals surface area contributed by atoms with Gasteiger partial charge in [0.1, 0.15) is 6.33 Å². The average Bonchev–Trinajstić information content (AvgIpc) is 2.68. The van der Waals surface area contributed by atoms with E-state index >= 15 is 0 Å². The third-order valence-electron chi connectivity index (χ3n) is 2.21. The summed E-state index contributed by atoms with van der Waals surface area (Å²) in [5.41, 5.74) is 6.66. The molecule has 0 radical (unpaired) electrons. The van der Waals surface area contributed by atoms with Crippen molar-refractivity contribution in [3.63, 3.8) is 0 Å². The molecule has 1 aromatic carbocycles. The Labute approximate surface area is 106 Å². The highest BCUT2D eigenvalue weighted by atomic mass is 79.9. The van der Waals surface area contributed by atoms with E-state index < -0.39 is 0 Å². The summed E-state index contributed by atoms with van der Waals surface area (Å²) in [6.07, 6.45) is 1.37. The molecule has 0 saturated heterocycles. The first-order chi connectivity index (χ1) is 8.09. The van der Waals surface area contributed by atoms with Crippen LogP contribution >= 0.6 is 15.9 Å². The smallest absolute Gasteiger partial charge is 0.259 e. The molecule has 1 heterocycles. The van der Waals surface area contributed by atoms with Crippen molar-refractivity contribution < 1.29 is 4.79 Å². The van der Waals surface area contributed by atoms with E-state index in [1.165, 1.54) is 11.0 Å². The maximum absolute atomic E-state index is 12.0. The second kappa shape index (κ2) is 4.54. The van der Waals surface area contributed by atoms with Crippen molar-refractivity contribution in [2.75, 3.05) is 11.1 Å². The van der Waals surface area contributed by atoms with Crippen LogP contribution in [0.3, 0.4) is 0 Å². The Morgan fingerprint density at radius 3 is 2.94 bits per heavy atom. The van der Waals surface area contributed by atoms with Gasteiger partial charge < -0.3 is 5.73 Å². The predicted octanol–water partition coefficient (Wildman–Crippen LogP) is 1.41. The maximum atomic E-state index is 12.0. The number of nitrogen functional groups attached to an aromatic ring is 1. The molecule has 2 rings (SSSR count). The van der Waals surface area contributed by atoms with Gasteiger partial charge in [0.05, 0.1) is 10.0 Å². The number of carbonyl (C=O) groups is 1. The number of benzene rings is 1. The summed E-state index contributed by atoms with van der Waals surface area (Å²) < 4.78 is 2.04. The van der Waals surface area contributed by atoms with Crippen LogP contribution in [0.4, 0.5) is 11.6 Å². The van der Waals surface area contributed by atoms with E-state index in [9.17, 15) is 4.79 Å². The number of nitrogens with two attached hydrogens (primary N) is 1. The summed E-state index contributed by atoms with van der Waals surface area (Å²) in [6, 6.07) is 5.10. The Hall–Kier alpha value is -1.89. The molecule has 0 aliphatic carbocycles. The van der Waals surface area contributed by atoms with Crippen molar-refractivity contribution in [1.82, 2.24) is 14.8 Å². The van der Waals surface area contributed by atoms with Gasteiger partial charge in [-0.3, -0.25) is 10.1 Å². The van der Waals surface area contributed by atoms with Gasteiger partial charge >= 0.3 is 0 Å². The lowest BCUT2D eigenvalue weighted by molar-refractivity contribution is 0.102. The molecule has 6 nitrogen and oxygen atoms in total. The standard InChI is InChI=1S/C10H10BrN5O/c1-16-10(13-5-14-16)15-9(17)6-3-2-4-7(12)8(6)11/h2-5H,12H2,1H3,(H,13,14,15,17). The number of nitrogens with zero attached hydrogens (tertiary/aromatic N) is 3. The Morgan fingerprint density at radius 2 is 2.29 bits per heavy atom. The number of hydrogen-bond donors (Lipinski definition) is 2. The molecule has 0 saturated carbocycles. The Bertz CT molecular complexity index is 566. The molecule has 0 aliphatic heterocycles. The van der Waals surface area contributed by atoms with Crippen molar-refractivity contribution >= 4 is 33.5 Å². The molecule has 0 unspecified atom stereocenters. The number of aromatic nitrogens is 3. The van der Waals surface area contributed by atoms with E-state index in [-0.39, 0.29) is 5.91 Å². The van der Waals surface area contributed by atoms with Crippen molar-refractivity contribution in [1.29, 1.82) is 0 Å². The van der Waals surface area contributed by atoms with Crippen LogP contribution in [0.1, 0.15) is 10.4 Å². The van der Waals surface area contributed by atoms with Crippen molar-refractivity contribution in [2.45, 2.75) is 0 Å². The summed E-state index contributed by atoms with van der Waals surface area (Å²) in [7, 11) is 1.69. The molecule has 17 heavy (non-hydrogen) atoms. The van der Waals surface area contributed by atoms with Crippen LogP contribution in [0.2, 0.25) is 0 Å². The normalized spacial score (nSPS) is 10.2. The van der Waals surface area contributed by atoms with Crippen molar-refractivity contribution in [3.8, 4) is 0 Å². The monoisotopic (exact) mass is 295 g/mol. The first-order valence-corrected chi connectivity index (χ1v) is 5.58. The quantitative estimate of drug-likeness (QED) is 0.820. The molecule has 88 valence electrons. The number of nitrogens with one attached hydrogen (secondary N) is 1. The number of rotatable bonds is 2. The molecular weight excluding hydrogens is 286 g/mol. The maximum Gasteiger partial charge on any atom is 0.259 e. The molecule has 7 heteroatoms. The summed E-state index contributed by atoms with van der Waals surface area (Å²) in [5, 5.41) is 6.50. The average molecular weight is 296 g/mol. The molecule has 2 aromatic rings. The Kier molecular flexibility index (Phi) is 3.10. The highest BCUT2D eigenvalue weighted by molar-refractivity contribution is 9.10. The van der Waals surface area contributed by atoms with Gasteiger partial charge in [0.15, 0.2) is 0 Å². The second-order valence-corrected chi connectivity index (χ2v) is 4.16. The number of amides is 1. The Morgan fingerprint density at radius 1 is 1.53 bits per heavy atom. The first kappa shape index (κ1) is 11.6. The SMILES string of the molecule is Cn1ncnc1NC(=O)c1cccc(N)c1Br. The van der Waals surface area contributed by atoms with E-state index in [0.717, 1.165) is 0 Å². The first-order valence-electron chi connectivity index (χ1n) is 4.79. The zero-order valence-corrected chi connectivity index (χ0v) is 10.6. The molecule has 0 bridgehead atoms. The summed E-state index contributed by atoms with van der Waals surface area (Å²) in [6.45, 7) is 0. The third kappa shape index (κ3) is 2.28. The highest BCUT2D eigenvalue weighted by Gasteiger charge is 2.13. The lowest BCUT2D eigenvalue weighted by Gasteiger charge is -2.07. The van der Waals surface area contributed by atoms with Crippen LogP contribution in [-0.2, 0) is 7.05 Å². The summed E-state index contributed by atoms with van der Waals surface area (Å²) in [4.78, 5) is 15.9. The number of halogens is 1. The van der Waals surface area contributed by atoms with Crippen LogP contribution in [0.15, 0.2) is 29.0 Å². The lowest BCUT2D eigenvalue weighted by atomic mass is 10.2. The van der Waals surface area contributed by atoms with Crippen LogP contribution in [0, 0.1) is 0 Å². The van der Waals surface area contributed by atoms with Gasteiger partial charge in [-0.05, 0) is 28.1 Å². The van der Waals surface area contributed by atoms with Crippen LogP contribution in [-0.4, -0.2) is 20.7 Å². The largest absolute Gasteiger partial charge is 0.398 e. The van der Waals surface area contributed by atoms with E-state index in [1.54, 1.807) is 25.2 Å². The van der Waals surface area contributed by atoms with Crippen LogP contribution in [0.25, 0.3) is 0 Å². The predicted molar refractivity (Wildman–Crippen MR) is 67.5 cm³/mol. The van der Waals surface area contributed by atoms with Crippen molar-refractivity contribution in [2.24, 2.45) is 7.05 Å². The molecule has 0 fully saturated rings. The number of carbonyl (C=O) groups excluding carboxylic acids is 1. The molecule has 3 N–H and O–H groups in total. The van der Waals surface area contributed by atoms with Crippen molar-refractivity contribution in [3.05, 3.63) is 34.6 Å². The van der Waals surface area contributed by atoms with E-state index in [1.807, 2.05) is 0 Å². The molecule has 0 spiro atoms. The number of hydrogen-bond acceptors (Lipinski definition) is 4. The van der Waals surface area contributed by atoms with E-state index in [4.69, 9.17) is 5.73 Å². The minimum absolute atomic E-state index is 0.291. The minimum atomic E-state index is -0.291. The zero-order chi connectivity index (χ0) is 12.4. The summed E-state index contributed by atoms with van der Waals surface area (Å²) >= 11 is 3.27. The fourth-order valence-corrected chi connectivity index (χ4v) is 1.75. The minimum Gasteiger partial charge on any atom is -0.398 e. The van der Waals surface area contributed by atoms with Gasteiger partial charge in [-0.25, -0.2) is 4.68 Å². The van der Waals surface area contributed by atoms with Crippen LogP contribution < -0.4 is 11.1 Å². The topological polar surface area (TPSA) is 85.8 Å². The second-order valence-electron chi connectivity index (χ2n) is 3.37. The fourth-order valence-electron chi connectivity index (χ4n) is 1.30. The zero-order valence-electron chi connectivity index (χ0n) is 9.01. The van der Waals surface area contributed by atoms with Crippen LogP contribution in [0.5, 0.6) is 0 Å². The van der Waals surface area contributed by atoms with Gasteiger partial charge in [0.2, 0.25) is 5.95 Å². The Balaban J connectivity index is 2.27. The van der Waals surface area contributed by atoms with Gasteiger partial charge in [0.25, 0.3) is 5.91 Å².